The van der Waals surface area contributed by atoms with Crippen LogP contribution in [0.15, 0.2) is 116 Å². The summed E-state index contributed by atoms with van der Waals surface area (Å²) in [6, 6.07) is 34.5. The van der Waals surface area contributed by atoms with Crippen LogP contribution in [0.3, 0.4) is 0 Å². The zero-order valence-electron chi connectivity index (χ0n) is 17.7. The molecule has 5 nitrogen and oxygen atoms in total. The maximum atomic E-state index is 6.21. The first-order valence-corrected chi connectivity index (χ1v) is 10.7. The monoisotopic (exact) mass is 428 g/mol. The van der Waals surface area contributed by atoms with Crippen molar-refractivity contribution in [2.45, 2.75) is 0 Å². The molecule has 6 aromatic rings. The van der Waals surface area contributed by atoms with E-state index in [9.17, 15) is 0 Å². The molecule has 0 unspecified atom stereocenters. The van der Waals surface area contributed by atoms with Gasteiger partial charge in [0.2, 0.25) is 0 Å². The fraction of sp³-hybridized carbons (Fsp3) is 0. The molecule has 2 heterocycles. The van der Waals surface area contributed by atoms with Crippen LogP contribution in [0, 0.1) is 6.33 Å². The number of fused-ring (bicyclic) bond motifs is 1. The summed E-state index contributed by atoms with van der Waals surface area (Å²) < 4.78 is 10.4. The molecule has 6 rings (SSSR count). The zero-order chi connectivity index (χ0) is 22.0. The van der Waals surface area contributed by atoms with E-state index in [1.807, 2.05) is 79.0 Å². The van der Waals surface area contributed by atoms with Crippen LogP contribution >= 0.6 is 0 Å². The number of ether oxygens (including phenoxy) is 1. The molecule has 0 aliphatic rings. The number of hydrogen-bond donors (Lipinski definition) is 1. The molecule has 0 radical (unpaired) electrons. The predicted octanol–water partition coefficient (Wildman–Crippen LogP) is 5.89. The number of hydrogen-bond acceptors (Lipinski definition) is 2. The Bertz CT molecular complexity index is 1540. The maximum Gasteiger partial charge on any atom is 0.269 e. The zero-order valence-corrected chi connectivity index (χ0v) is 17.7. The summed E-state index contributed by atoms with van der Waals surface area (Å²) in [4.78, 5) is 7.46. The predicted molar refractivity (Wildman–Crippen MR) is 128 cm³/mol. The van der Waals surface area contributed by atoms with Gasteiger partial charge in [0.15, 0.2) is 0 Å². The summed E-state index contributed by atoms with van der Waals surface area (Å²) in [6.45, 7) is 0. The number of H-pyrrole nitrogens is 1. The molecular weight excluding hydrogens is 408 g/mol. The number of nitrogens with one attached hydrogen (secondary N) is 1. The van der Waals surface area contributed by atoms with Crippen LogP contribution in [0.2, 0.25) is 0 Å². The third-order valence-electron chi connectivity index (χ3n) is 5.50. The van der Waals surface area contributed by atoms with E-state index >= 15 is 0 Å². The molecule has 0 atom stereocenters. The van der Waals surface area contributed by atoms with Crippen molar-refractivity contribution < 1.29 is 9.30 Å². The largest absolute Gasteiger partial charge is 0.458 e. The van der Waals surface area contributed by atoms with Crippen LogP contribution in [0.4, 0.5) is 0 Å². The summed E-state index contributed by atoms with van der Waals surface area (Å²) >= 11 is 0. The quantitative estimate of drug-likeness (QED) is 0.275. The molecule has 5 heteroatoms. The van der Waals surface area contributed by atoms with Gasteiger partial charge in [-0.3, -0.25) is 9.13 Å². The van der Waals surface area contributed by atoms with E-state index in [0.717, 1.165) is 45.3 Å². The Morgan fingerprint density at radius 3 is 2.42 bits per heavy atom. The Labute approximate surface area is 191 Å². The van der Waals surface area contributed by atoms with Crippen molar-refractivity contribution in [2.75, 3.05) is 0 Å². The van der Waals surface area contributed by atoms with Gasteiger partial charge in [-0.2, -0.15) is 0 Å². The third kappa shape index (κ3) is 3.66. The molecule has 158 valence electrons. The lowest BCUT2D eigenvalue weighted by Crippen LogP contribution is -2.29. The molecule has 0 bridgehead atoms. The van der Waals surface area contributed by atoms with Crippen LogP contribution in [-0.4, -0.2) is 14.5 Å². The van der Waals surface area contributed by atoms with Crippen LogP contribution < -0.4 is 9.30 Å². The topological polar surface area (TPSA) is 46.7 Å². The van der Waals surface area contributed by atoms with E-state index in [4.69, 9.17) is 4.74 Å². The van der Waals surface area contributed by atoms with Gasteiger partial charge in [0.1, 0.15) is 17.3 Å². The van der Waals surface area contributed by atoms with E-state index in [-0.39, 0.29) is 0 Å². The van der Waals surface area contributed by atoms with Gasteiger partial charge in [-0.05, 0) is 42.5 Å². The summed E-state index contributed by atoms with van der Waals surface area (Å²) in [6.07, 6.45) is 7.06. The normalized spacial score (nSPS) is 11.0. The molecule has 1 N–H and O–H groups in total. The number of aromatic nitrogens is 4. The summed E-state index contributed by atoms with van der Waals surface area (Å²) in [5, 5.41) is 0. The van der Waals surface area contributed by atoms with E-state index in [2.05, 4.69) is 55.8 Å². The second-order valence-corrected chi connectivity index (χ2v) is 7.66. The fourth-order valence-corrected chi connectivity index (χ4v) is 3.97. The van der Waals surface area contributed by atoms with Gasteiger partial charge < -0.3 is 9.72 Å². The van der Waals surface area contributed by atoms with E-state index < -0.39 is 0 Å². The molecule has 33 heavy (non-hydrogen) atoms. The molecule has 0 saturated heterocycles. The van der Waals surface area contributed by atoms with E-state index in [1.54, 1.807) is 6.20 Å². The van der Waals surface area contributed by atoms with Crippen LogP contribution in [0.5, 0.6) is 11.5 Å². The van der Waals surface area contributed by atoms with Gasteiger partial charge in [-0.15, -0.1) is 0 Å². The fourth-order valence-electron chi connectivity index (χ4n) is 3.97. The highest BCUT2D eigenvalue weighted by molar-refractivity contribution is 5.74. The van der Waals surface area contributed by atoms with Crippen molar-refractivity contribution in [2.24, 2.45) is 0 Å². The lowest BCUT2D eigenvalue weighted by Gasteiger charge is -2.09. The second-order valence-electron chi connectivity index (χ2n) is 7.66. The van der Waals surface area contributed by atoms with Gasteiger partial charge in [0.05, 0.1) is 22.4 Å². The van der Waals surface area contributed by atoms with Crippen molar-refractivity contribution in [3.8, 4) is 34.3 Å². The molecule has 0 aliphatic heterocycles. The number of benzene rings is 4. The summed E-state index contributed by atoms with van der Waals surface area (Å²) in [5.41, 5.74) is 5.16. The van der Waals surface area contributed by atoms with Crippen molar-refractivity contribution in [3.05, 3.63) is 122 Å². The molecule has 0 saturated carbocycles. The van der Waals surface area contributed by atoms with E-state index in [1.165, 1.54) is 0 Å². The molecular formula is C28H20N4O. The molecule has 2 aromatic heterocycles. The van der Waals surface area contributed by atoms with Crippen LogP contribution in [0.1, 0.15) is 0 Å². The highest BCUT2D eigenvalue weighted by atomic mass is 16.5. The Balaban J connectivity index is 1.38. The van der Waals surface area contributed by atoms with Gasteiger partial charge in [0, 0.05) is 18.0 Å². The van der Waals surface area contributed by atoms with Crippen molar-refractivity contribution in [1.29, 1.82) is 0 Å². The van der Waals surface area contributed by atoms with Crippen molar-refractivity contribution in [1.82, 2.24) is 14.5 Å². The number of para-hydroxylation sites is 3. The number of imidazole rings is 2. The number of nitrogens with zero attached hydrogens (tertiary/aromatic N) is 3. The van der Waals surface area contributed by atoms with Gasteiger partial charge in [-0.1, -0.05) is 60.7 Å². The molecule has 0 spiro atoms. The second kappa shape index (κ2) is 8.13. The van der Waals surface area contributed by atoms with Crippen LogP contribution in [0.25, 0.3) is 33.8 Å². The minimum absolute atomic E-state index is 0.751. The van der Waals surface area contributed by atoms with Gasteiger partial charge in [0.25, 0.3) is 6.33 Å². The number of rotatable bonds is 5. The third-order valence-corrected chi connectivity index (χ3v) is 5.50. The summed E-state index contributed by atoms with van der Waals surface area (Å²) in [5.74, 6) is 2.32. The first-order chi connectivity index (χ1) is 16.3. The lowest BCUT2D eigenvalue weighted by molar-refractivity contribution is -0.572. The highest BCUT2D eigenvalue weighted by Crippen LogP contribution is 2.28. The number of aromatic amines is 1. The molecule has 4 aromatic carbocycles. The van der Waals surface area contributed by atoms with Gasteiger partial charge >= 0.3 is 0 Å². The standard InChI is InChI=1S/C28H20N4O/c1-2-9-22(10-3-1)31-20-32(27-15-5-4-14-26(27)31)23-11-7-13-25(19-23)33-24-12-6-8-21(18-24)28-29-16-17-30-28/h1-19H,(H,29,30). The molecule has 0 amide bonds. The Morgan fingerprint density at radius 1 is 0.788 bits per heavy atom. The Morgan fingerprint density at radius 2 is 1.58 bits per heavy atom. The van der Waals surface area contributed by atoms with Crippen molar-refractivity contribution in [3.63, 3.8) is 0 Å². The SMILES string of the molecule is [c-]1n(-c2cccc(Oc3cccc(-c4ncc[nH]4)c3)c2)c2ccccc2[n+]1-c1ccccc1. The average molecular weight is 428 g/mol. The maximum absolute atomic E-state index is 6.21. The Hall–Kier alpha value is -4.64. The van der Waals surface area contributed by atoms with E-state index in [0.29, 0.717) is 0 Å². The Kier molecular flexibility index (Phi) is 4.70. The minimum Gasteiger partial charge on any atom is -0.458 e. The van der Waals surface area contributed by atoms with Gasteiger partial charge in [-0.25, -0.2) is 4.98 Å². The lowest BCUT2D eigenvalue weighted by atomic mass is 10.2. The minimum atomic E-state index is 0.751. The highest BCUT2D eigenvalue weighted by Gasteiger charge is 2.12. The van der Waals surface area contributed by atoms with Crippen LogP contribution in [-0.2, 0) is 0 Å². The molecule has 0 aliphatic carbocycles. The smallest absolute Gasteiger partial charge is 0.269 e. The first-order valence-electron chi connectivity index (χ1n) is 10.7. The first kappa shape index (κ1) is 19.1. The average Bonchev–Trinajstić information content (AvgIpc) is 3.54. The molecule has 0 fully saturated rings. The van der Waals surface area contributed by atoms with Crippen molar-refractivity contribution >= 4 is 11.0 Å². The summed E-state index contributed by atoms with van der Waals surface area (Å²) in [7, 11) is 0.